The summed E-state index contributed by atoms with van der Waals surface area (Å²) in [7, 11) is 0. The van der Waals surface area contributed by atoms with Gasteiger partial charge in [-0.05, 0) is 57.8 Å². The Bertz CT molecular complexity index is 1040. The summed E-state index contributed by atoms with van der Waals surface area (Å²) >= 11 is 0. The van der Waals surface area contributed by atoms with E-state index in [-0.39, 0.29) is 18.5 Å². The first kappa shape index (κ1) is 65.3. The number of ether oxygens (including phenoxy) is 1. The van der Waals surface area contributed by atoms with Crippen molar-refractivity contribution in [2.24, 2.45) is 0 Å². The van der Waals surface area contributed by atoms with Crippen LogP contribution in [0, 0.1) is 0 Å². The highest BCUT2D eigenvalue weighted by molar-refractivity contribution is 5.76. The zero-order valence-electron chi connectivity index (χ0n) is 45.1. The number of carbonyl (C=O) groups is 2. The number of aliphatic hydroxyl groups is 2. The van der Waals surface area contributed by atoms with Gasteiger partial charge in [-0.15, -0.1) is 0 Å². The average Bonchev–Trinajstić information content (AvgIpc) is 3.33. The molecule has 0 aromatic heterocycles. The van der Waals surface area contributed by atoms with Gasteiger partial charge in [-0.1, -0.05) is 282 Å². The van der Waals surface area contributed by atoms with Crippen LogP contribution in [-0.4, -0.2) is 47.4 Å². The van der Waals surface area contributed by atoms with Gasteiger partial charge in [0, 0.05) is 12.8 Å². The van der Waals surface area contributed by atoms with Crippen molar-refractivity contribution >= 4 is 11.9 Å². The number of aliphatic hydroxyl groups excluding tert-OH is 2. The van der Waals surface area contributed by atoms with Crippen molar-refractivity contribution < 1.29 is 24.5 Å². The maximum Gasteiger partial charge on any atom is 0.305 e. The molecule has 0 spiro atoms. The van der Waals surface area contributed by atoms with E-state index >= 15 is 0 Å². The van der Waals surface area contributed by atoms with Gasteiger partial charge in [0.25, 0.3) is 0 Å². The van der Waals surface area contributed by atoms with Gasteiger partial charge >= 0.3 is 5.97 Å². The summed E-state index contributed by atoms with van der Waals surface area (Å²) in [6.45, 7) is 4.94. The van der Waals surface area contributed by atoms with Crippen LogP contribution in [-0.2, 0) is 14.3 Å². The van der Waals surface area contributed by atoms with Crippen molar-refractivity contribution in [1.82, 2.24) is 5.32 Å². The molecule has 2 atom stereocenters. The first-order valence-corrected chi connectivity index (χ1v) is 30.1. The van der Waals surface area contributed by atoms with Gasteiger partial charge < -0.3 is 20.3 Å². The van der Waals surface area contributed by atoms with Crippen LogP contribution in [0.25, 0.3) is 0 Å². The molecule has 0 rings (SSSR count). The minimum absolute atomic E-state index is 0.00147. The normalized spacial score (nSPS) is 12.7. The van der Waals surface area contributed by atoms with E-state index in [1.165, 1.54) is 244 Å². The molecule has 0 saturated carbocycles. The summed E-state index contributed by atoms with van der Waals surface area (Å²) in [5.74, 6) is -0.0403. The molecule has 0 fully saturated rings. The monoisotopic (exact) mass is 944 g/mol. The molecule has 0 saturated heterocycles. The van der Waals surface area contributed by atoms with Gasteiger partial charge in [-0.25, -0.2) is 0 Å². The Hall–Kier alpha value is -1.66. The van der Waals surface area contributed by atoms with E-state index in [2.05, 4.69) is 43.5 Å². The standard InChI is InChI=1S/C61H117NO5/c1-3-5-7-9-11-13-15-17-19-20-23-27-31-35-39-43-47-51-55-61(66)67-56-52-48-44-40-36-32-28-24-21-22-26-30-34-38-42-46-50-54-60(65)62-58(57-63)59(64)53-49-45-41-37-33-29-25-18-16-14-12-10-8-6-4-2/h13,15,19-20,58-59,63-64H,3-12,14,16-18,21-57H2,1-2H3,(H,62,65)/b15-13-,20-19-. The lowest BCUT2D eigenvalue weighted by atomic mass is 10.0. The van der Waals surface area contributed by atoms with E-state index in [0.29, 0.717) is 25.9 Å². The first-order valence-electron chi connectivity index (χ1n) is 30.1. The van der Waals surface area contributed by atoms with Crippen LogP contribution in [0.15, 0.2) is 24.3 Å². The van der Waals surface area contributed by atoms with Gasteiger partial charge in [0.05, 0.1) is 25.4 Å². The van der Waals surface area contributed by atoms with Gasteiger partial charge in [0.15, 0.2) is 0 Å². The number of unbranched alkanes of at least 4 members (excludes halogenated alkanes) is 41. The second-order valence-corrected chi connectivity index (χ2v) is 20.7. The Labute approximate surface area is 418 Å². The summed E-state index contributed by atoms with van der Waals surface area (Å²) in [6, 6.07) is -0.545. The molecule has 0 aromatic carbocycles. The highest BCUT2D eigenvalue weighted by Gasteiger charge is 2.20. The smallest absolute Gasteiger partial charge is 0.305 e. The lowest BCUT2D eigenvalue weighted by Crippen LogP contribution is -2.45. The molecule has 2 unspecified atom stereocenters. The number of nitrogens with one attached hydrogen (secondary N) is 1. The molecule has 0 radical (unpaired) electrons. The van der Waals surface area contributed by atoms with E-state index in [1.807, 2.05) is 0 Å². The van der Waals surface area contributed by atoms with Crippen LogP contribution in [0.4, 0.5) is 0 Å². The fourth-order valence-electron chi connectivity index (χ4n) is 9.38. The lowest BCUT2D eigenvalue weighted by molar-refractivity contribution is -0.143. The number of carbonyl (C=O) groups excluding carboxylic acids is 2. The number of allylic oxidation sites excluding steroid dienone is 4. The van der Waals surface area contributed by atoms with Crippen LogP contribution in [0.3, 0.4) is 0 Å². The second-order valence-electron chi connectivity index (χ2n) is 20.7. The molecule has 3 N–H and O–H groups in total. The fraction of sp³-hybridized carbons (Fsp3) is 0.902. The third-order valence-electron chi connectivity index (χ3n) is 14.0. The molecule has 0 aliphatic carbocycles. The molecule has 0 aromatic rings. The molecule has 0 heterocycles. The van der Waals surface area contributed by atoms with Crippen molar-refractivity contribution in [2.75, 3.05) is 13.2 Å². The lowest BCUT2D eigenvalue weighted by Gasteiger charge is -2.22. The number of hydrogen-bond acceptors (Lipinski definition) is 5. The molecule has 6 nitrogen and oxygen atoms in total. The van der Waals surface area contributed by atoms with Crippen molar-refractivity contribution in [3.63, 3.8) is 0 Å². The molecule has 0 aliphatic rings. The van der Waals surface area contributed by atoms with Crippen molar-refractivity contribution in [3.05, 3.63) is 24.3 Å². The van der Waals surface area contributed by atoms with E-state index in [9.17, 15) is 19.8 Å². The molecule has 67 heavy (non-hydrogen) atoms. The summed E-state index contributed by atoms with van der Waals surface area (Å²) in [5, 5.41) is 23.3. The Morgan fingerprint density at radius 3 is 1.15 bits per heavy atom. The molecule has 6 heteroatoms. The van der Waals surface area contributed by atoms with Crippen molar-refractivity contribution in [1.29, 1.82) is 0 Å². The van der Waals surface area contributed by atoms with Crippen LogP contribution < -0.4 is 5.32 Å². The quantitative estimate of drug-likeness (QED) is 0.0321. The summed E-state index contributed by atoms with van der Waals surface area (Å²) in [5.41, 5.74) is 0. The summed E-state index contributed by atoms with van der Waals surface area (Å²) in [6.07, 6.45) is 68.8. The number of amides is 1. The zero-order valence-corrected chi connectivity index (χ0v) is 45.1. The predicted octanol–water partition coefficient (Wildman–Crippen LogP) is 18.6. The van der Waals surface area contributed by atoms with Gasteiger partial charge in [-0.2, -0.15) is 0 Å². The second kappa shape index (κ2) is 56.9. The van der Waals surface area contributed by atoms with Gasteiger partial charge in [0.2, 0.25) is 5.91 Å². The Morgan fingerprint density at radius 2 is 0.746 bits per heavy atom. The molecule has 1 amide bonds. The minimum Gasteiger partial charge on any atom is -0.466 e. The van der Waals surface area contributed by atoms with Crippen molar-refractivity contribution in [2.45, 2.75) is 341 Å². The summed E-state index contributed by atoms with van der Waals surface area (Å²) < 4.78 is 5.49. The zero-order chi connectivity index (χ0) is 48.6. The van der Waals surface area contributed by atoms with Gasteiger partial charge in [-0.3, -0.25) is 9.59 Å². The average molecular weight is 945 g/mol. The topological polar surface area (TPSA) is 95.9 Å². The maximum absolute atomic E-state index is 12.5. The molecule has 0 aliphatic heterocycles. The molecular formula is C61H117NO5. The number of hydrogen-bond donors (Lipinski definition) is 3. The van der Waals surface area contributed by atoms with E-state index in [4.69, 9.17) is 4.74 Å². The highest BCUT2D eigenvalue weighted by atomic mass is 16.5. The SMILES string of the molecule is CCCCCC/C=C\C/C=C\CCCCCCCCCC(=O)OCCCCCCCCCCCCCCCCCCCC(=O)NC(CO)C(O)CCCCCCCCCCCCCCCCC. The molecule has 0 bridgehead atoms. The van der Waals surface area contributed by atoms with E-state index in [1.54, 1.807) is 0 Å². The predicted molar refractivity (Wildman–Crippen MR) is 292 cm³/mol. The number of esters is 1. The van der Waals surface area contributed by atoms with Gasteiger partial charge in [0.1, 0.15) is 0 Å². The Morgan fingerprint density at radius 1 is 0.418 bits per heavy atom. The third-order valence-corrected chi connectivity index (χ3v) is 14.0. The van der Waals surface area contributed by atoms with Crippen LogP contribution in [0.5, 0.6) is 0 Å². The van der Waals surface area contributed by atoms with Crippen LogP contribution in [0.2, 0.25) is 0 Å². The largest absolute Gasteiger partial charge is 0.466 e. The maximum atomic E-state index is 12.5. The summed E-state index contributed by atoms with van der Waals surface area (Å²) in [4.78, 5) is 24.6. The van der Waals surface area contributed by atoms with E-state index in [0.717, 1.165) is 51.4 Å². The molecular weight excluding hydrogens is 827 g/mol. The third kappa shape index (κ3) is 53.5. The molecule has 396 valence electrons. The Balaban J connectivity index is 3.40. The van der Waals surface area contributed by atoms with E-state index < -0.39 is 12.1 Å². The number of rotatable bonds is 56. The Kier molecular flexibility index (Phi) is 55.5. The van der Waals surface area contributed by atoms with Crippen LogP contribution >= 0.6 is 0 Å². The fourth-order valence-corrected chi connectivity index (χ4v) is 9.38. The minimum atomic E-state index is -0.668. The highest BCUT2D eigenvalue weighted by Crippen LogP contribution is 2.17. The van der Waals surface area contributed by atoms with Crippen LogP contribution in [0.1, 0.15) is 328 Å². The van der Waals surface area contributed by atoms with Crippen molar-refractivity contribution in [3.8, 4) is 0 Å². The first-order chi connectivity index (χ1) is 33.0.